The fourth-order valence-corrected chi connectivity index (χ4v) is 4.05. The lowest BCUT2D eigenvalue weighted by atomic mass is 9.96. The topological polar surface area (TPSA) is 44.0 Å². The van der Waals surface area contributed by atoms with E-state index >= 15 is 0 Å². The molecule has 0 amide bonds. The second kappa shape index (κ2) is 6.92. The molecule has 1 aliphatic heterocycles. The van der Waals surface area contributed by atoms with Crippen LogP contribution in [0.5, 0.6) is 0 Å². The molecule has 1 aliphatic rings. The van der Waals surface area contributed by atoms with Crippen molar-refractivity contribution in [3.63, 3.8) is 0 Å². The van der Waals surface area contributed by atoms with Crippen molar-refractivity contribution in [2.75, 3.05) is 0 Å². The van der Waals surface area contributed by atoms with Crippen molar-refractivity contribution in [3.05, 3.63) is 89.0 Å². The maximum absolute atomic E-state index is 5.72. The lowest BCUT2D eigenvalue weighted by Gasteiger charge is -2.28. The fraction of sp³-hybridized carbons (Fsp3) is 0.238. The molecule has 5 heteroatoms. The summed E-state index contributed by atoms with van der Waals surface area (Å²) in [4.78, 5) is 10.3. The average molecular weight is 363 g/mol. The van der Waals surface area contributed by atoms with Crippen LogP contribution in [0.1, 0.15) is 40.3 Å². The maximum atomic E-state index is 5.72. The second-order valence-electron chi connectivity index (χ2n) is 6.77. The lowest BCUT2D eigenvalue weighted by molar-refractivity contribution is 0.310. The normalized spacial score (nSPS) is 19.6. The van der Waals surface area contributed by atoms with Gasteiger partial charge in [-0.25, -0.2) is 0 Å². The number of rotatable bonds is 4. The van der Waals surface area contributed by atoms with Crippen molar-refractivity contribution in [2.24, 2.45) is 0 Å². The van der Waals surface area contributed by atoms with Crippen molar-refractivity contribution < 1.29 is 0 Å². The SMILES string of the molecule is Cc1cc(C2C(c3ccccn3)NC(=S)N2Cc2ccccc2)c(C)[nH]1. The van der Waals surface area contributed by atoms with E-state index in [0.29, 0.717) is 0 Å². The molecule has 1 aromatic carbocycles. The molecule has 2 aromatic heterocycles. The standard InChI is InChI=1S/C21H22N4S/c1-14-12-17(15(2)23-14)20-19(18-10-6-7-11-22-18)24-21(26)25(20)13-16-8-4-3-5-9-16/h3-12,19-20,23H,13H2,1-2H3,(H,24,26). The third kappa shape index (κ3) is 3.10. The predicted octanol–water partition coefficient (Wildman–Crippen LogP) is 4.20. The zero-order valence-electron chi connectivity index (χ0n) is 14.9. The number of nitrogens with one attached hydrogen (secondary N) is 2. The van der Waals surface area contributed by atoms with E-state index in [0.717, 1.165) is 23.0 Å². The summed E-state index contributed by atoms with van der Waals surface area (Å²) in [7, 11) is 0. The average Bonchev–Trinajstić information content (AvgIpc) is 3.15. The van der Waals surface area contributed by atoms with Crippen LogP contribution in [-0.2, 0) is 6.54 Å². The number of aryl methyl sites for hydroxylation is 2. The molecule has 3 heterocycles. The van der Waals surface area contributed by atoms with Crippen molar-refractivity contribution in [2.45, 2.75) is 32.5 Å². The van der Waals surface area contributed by atoms with Gasteiger partial charge in [-0.2, -0.15) is 0 Å². The largest absolute Gasteiger partial charge is 0.362 e. The molecule has 0 bridgehead atoms. The van der Waals surface area contributed by atoms with E-state index in [2.05, 4.69) is 70.4 Å². The highest BCUT2D eigenvalue weighted by Gasteiger charge is 2.40. The van der Waals surface area contributed by atoms with E-state index in [1.165, 1.54) is 16.8 Å². The Morgan fingerprint density at radius 3 is 2.50 bits per heavy atom. The van der Waals surface area contributed by atoms with Crippen LogP contribution in [0.4, 0.5) is 0 Å². The highest BCUT2D eigenvalue weighted by Crippen LogP contribution is 2.40. The van der Waals surface area contributed by atoms with Crippen molar-refractivity contribution in [1.82, 2.24) is 20.2 Å². The number of aromatic nitrogens is 2. The summed E-state index contributed by atoms with van der Waals surface area (Å²) in [5.74, 6) is 0. The monoisotopic (exact) mass is 362 g/mol. The second-order valence-corrected chi connectivity index (χ2v) is 7.16. The molecule has 2 N–H and O–H groups in total. The van der Waals surface area contributed by atoms with Gasteiger partial charge in [0.25, 0.3) is 0 Å². The van der Waals surface area contributed by atoms with Gasteiger partial charge >= 0.3 is 0 Å². The Bertz CT molecular complexity index is 904. The summed E-state index contributed by atoms with van der Waals surface area (Å²) < 4.78 is 0. The molecule has 4 rings (SSSR count). The van der Waals surface area contributed by atoms with Crippen LogP contribution in [0.2, 0.25) is 0 Å². The zero-order valence-corrected chi connectivity index (χ0v) is 15.8. The molecule has 0 aliphatic carbocycles. The summed E-state index contributed by atoms with van der Waals surface area (Å²) >= 11 is 5.72. The molecule has 0 radical (unpaired) electrons. The van der Waals surface area contributed by atoms with E-state index in [4.69, 9.17) is 12.2 Å². The van der Waals surface area contributed by atoms with Crippen LogP contribution in [0, 0.1) is 13.8 Å². The first-order valence-corrected chi connectivity index (χ1v) is 9.22. The highest BCUT2D eigenvalue weighted by atomic mass is 32.1. The van der Waals surface area contributed by atoms with E-state index in [1.807, 2.05) is 24.4 Å². The number of aromatic amines is 1. The number of H-pyrrole nitrogens is 1. The molecule has 2 atom stereocenters. The molecule has 4 nitrogen and oxygen atoms in total. The Hall–Kier alpha value is -2.66. The van der Waals surface area contributed by atoms with Crippen molar-refractivity contribution in [3.8, 4) is 0 Å². The van der Waals surface area contributed by atoms with Crippen molar-refractivity contribution in [1.29, 1.82) is 0 Å². The third-order valence-corrected chi connectivity index (χ3v) is 5.25. The minimum atomic E-state index is 0.0290. The predicted molar refractivity (Wildman–Crippen MR) is 108 cm³/mol. The van der Waals surface area contributed by atoms with Gasteiger partial charge < -0.3 is 15.2 Å². The Labute approximate surface area is 159 Å². The third-order valence-electron chi connectivity index (χ3n) is 4.90. The molecule has 2 unspecified atom stereocenters. The van der Waals surface area contributed by atoms with Gasteiger partial charge in [0.2, 0.25) is 0 Å². The Balaban J connectivity index is 1.76. The Morgan fingerprint density at radius 2 is 1.85 bits per heavy atom. The highest BCUT2D eigenvalue weighted by molar-refractivity contribution is 7.80. The fourth-order valence-electron chi connectivity index (χ4n) is 3.75. The number of pyridine rings is 1. The maximum Gasteiger partial charge on any atom is 0.170 e. The van der Waals surface area contributed by atoms with Crippen LogP contribution in [0.25, 0.3) is 0 Å². The van der Waals surface area contributed by atoms with Crippen molar-refractivity contribution >= 4 is 17.3 Å². The molecule has 1 saturated heterocycles. The number of hydrogen-bond donors (Lipinski definition) is 2. The van der Waals surface area contributed by atoms with Gasteiger partial charge in [0.15, 0.2) is 5.11 Å². The van der Waals surface area contributed by atoms with Crippen LogP contribution in [0.15, 0.2) is 60.8 Å². The number of thiocarbonyl (C=S) groups is 1. The van der Waals surface area contributed by atoms with Crippen LogP contribution < -0.4 is 5.32 Å². The Kier molecular flexibility index (Phi) is 4.47. The van der Waals surface area contributed by atoms with Crippen LogP contribution in [-0.4, -0.2) is 20.0 Å². The van der Waals surface area contributed by atoms with E-state index in [-0.39, 0.29) is 12.1 Å². The molecule has 0 spiro atoms. The smallest absolute Gasteiger partial charge is 0.170 e. The molecule has 0 saturated carbocycles. The van der Waals surface area contributed by atoms with Crippen LogP contribution in [0.3, 0.4) is 0 Å². The minimum Gasteiger partial charge on any atom is -0.362 e. The molecule has 26 heavy (non-hydrogen) atoms. The van der Waals surface area contributed by atoms with Gasteiger partial charge in [-0.05, 0) is 55.4 Å². The van der Waals surface area contributed by atoms with Gasteiger partial charge in [0, 0.05) is 24.1 Å². The summed E-state index contributed by atoms with van der Waals surface area (Å²) in [5.41, 5.74) is 5.86. The zero-order chi connectivity index (χ0) is 18.1. The Morgan fingerprint density at radius 1 is 1.08 bits per heavy atom. The summed E-state index contributed by atoms with van der Waals surface area (Å²) in [6, 6.07) is 18.8. The van der Waals surface area contributed by atoms with E-state index < -0.39 is 0 Å². The minimum absolute atomic E-state index is 0.0290. The van der Waals surface area contributed by atoms with E-state index in [9.17, 15) is 0 Å². The van der Waals surface area contributed by atoms with Crippen LogP contribution >= 0.6 is 12.2 Å². The summed E-state index contributed by atoms with van der Waals surface area (Å²) in [6.07, 6.45) is 1.84. The van der Waals surface area contributed by atoms with Gasteiger partial charge in [-0.15, -0.1) is 0 Å². The van der Waals surface area contributed by atoms with Gasteiger partial charge in [-0.1, -0.05) is 36.4 Å². The summed E-state index contributed by atoms with van der Waals surface area (Å²) in [6.45, 7) is 4.98. The quantitative estimate of drug-likeness (QED) is 0.683. The number of hydrogen-bond acceptors (Lipinski definition) is 2. The number of nitrogens with zero attached hydrogens (tertiary/aromatic N) is 2. The lowest BCUT2D eigenvalue weighted by Crippen LogP contribution is -2.29. The first-order valence-electron chi connectivity index (χ1n) is 8.81. The van der Waals surface area contributed by atoms with E-state index in [1.54, 1.807) is 0 Å². The molecule has 132 valence electrons. The first-order chi connectivity index (χ1) is 12.6. The molecular weight excluding hydrogens is 340 g/mol. The summed E-state index contributed by atoms with van der Waals surface area (Å²) in [5, 5.41) is 4.28. The first kappa shape index (κ1) is 16.8. The van der Waals surface area contributed by atoms with Gasteiger partial charge in [0.05, 0.1) is 17.8 Å². The molecule has 1 fully saturated rings. The van der Waals surface area contributed by atoms with Gasteiger partial charge in [0.1, 0.15) is 0 Å². The number of benzene rings is 1. The van der Waals surface area contributed by atoms with Gasteiger partial charge in [-0.3, -0.25) is 4.98 Å². The molecule has 3 aromatic rings. The molecular formula is C21H22N4S.